The molecule has 0 amide bonds. The van der Waals surface area contributed by atoms with Crippen molar-refractivity contribution in [3.8, 4) is 5.75 Å². The Kier molecular flexibility index (Phi) is 4.48. The maximum atomic E-state index is 13.4. The number of rotatable bonds is 3. The zero-order valence-electron chi connectivity index (χ0n) is 10.6. The van der Waals surface area contributed by atoms with Gasteiger partial charge in [-0.15, -0.1) is 0 Å². The minimum atomic E-state index is -0.292. The third-order valence-corrected chi connectivity index (χ3v) is 4.44. The van der Waals surface area contributed by atoms with E-state index >= 15 is 0 Å². The Bertz CT molecular complexity index is 601. The molecule has 4 heteroatoms. The van der Waals surface area contributed by atoms with Gasteiger partial charge in [0, 0.05) is 10.6 Å². The topological polar surface area (TPSA) is 9.23 Å². The second-order valence-corrected chi connectivity index (χ2v) is 5.53. The summed E-state index contributed by atoms with van der Waals surface area (Å²) in [4.78, 5) is -0.170. The van der Waals surface area contributed by atoms with Gasteiger partial charge in [-0.05, 0) is 42.3 Å². The molecular formula is C15H13BrClFO. The molecule has 0 aliphatic heterocycles. The molecule has 0 spiro atoms. The van der Waals surface area contributed by atoms with Gasteiger partial charge in [-0.1, -0.05) is 39.7 Å². The molecule has 100 valence electrons. The first-order chi connectivity index (χ1) is 9.04. The third kappa shape index (κ3) is 2.93. The number of halogens is 3. The fraction of sp³-hybridized carbons (Fsp3) is 0.200. The summed E-state index contributed by atoms with van der Waals surface area (Å²) in [7, 11) is 1.57. The first-order valence-corrected chi connectivity index (χ1v) is 7.06. The highest BCUT2D eigenvalue weighted by molar-refractivity contribution is 9.09. The van der Waals surface area contributed by atoms with Gasteiger partial charge in [0.2, 0.25) is 0 Å². The average molecular weight is 344 g/mol. The van der Waals surface area contributed by atoms with Crippen LogP contribution < -0.4 is 4.74 Å². The Morgan fingerprint density at radius 2 is 1.95 bits per heavy atom. The molecule has 19 heavy (non-hydrogen) atoms. The van der Waals surface area contributed by atoms with Crippen LogP contribution in [-0.4, -0.2) is 7.11 Å². The molecule has 0 heterocycles. The Morgan fingerprint density at radius 3 is 2.63 bits per heavy atom. The van der Waals surface area contributed by atoms with E-state index < -0.39 is 0 Å². The molecule has 1 nitrogen and oxygen atoms in total. The number of hydrogen-bond acceptors (Lipinski definition) is 1. The molecule has 1 atom stereocenters. The van der Waals surface area contributed by atoms with E-state index in [-0.39, 0.29) is 10.6 Å². The summed E-state index contributed by atoms with van der Waals surface area (Å²) < 4.78 is 18.7. The molecule has 0 aliphatic rings. The standard InChI is InChI=1S/C15H13BrClFO/c1-9-11(4-3-5-13(9)17)15(16)12-8-10(18)6-7-14(12)19-2/h3-8,15H,1-2H3. The molecule has 0 bridgehead atoms. The minimum absolute atomic E-state index is 0.170. The van der Waals surface area contributed by atoms with Gasteiger partial charge >= 0.3 is 0 Å². The van der Waals surface area contributed by atoms with Crippen LogP contribution in [0, 0.1) is 12.7 Å². The van der Waals surface area contributed by atoms with E-state index in [1.165, 1.54) is 12.1 Å². The molecule has 0 N–H and O–H groups in total. The third-order valence-electron chi connectivity index (χ3n) is 3.05. The quantitative estimate of drug-likeness (QED) is 0.689. The van der Waals surface area contributed by atoms with Crippen molar-refractivity contribution in [2.45, 2.75) is 11.8 Å². The second-order valence-electron chi connectivity index (χ2n) is 4.20. The highest BCUT2D eigenvalue weighted by atomic mass is 79.9. The Labute approximate surface area is 125 Å². The zero-order valence-corrected chi connectivity index (χ0v) is 12.9. The van der Waals surface area contributed by atoms with Crippen LogP contribution in [0.2, 0.25) is 5.02 Å². The van der Waals surface area contributed by atoms with Gasteiger partial charge in [-0.2, -0.15) is 0 Å². The van der Waals surface area contributed by atoms with Crippen molar-refractivity contribution >= 4 is 27.5 Å². The van der Waals surface area contributed by atoms with Gasteiger partial charge in [0.1, 0.15) is 11.6 Å². The molecule has 0 aliphatic carbocycles. The summed E-state index contributed by atoms with van der Waals surface area (Å²) in [6.07, 6.45) is 0. The molecule has 0 saturated carbocycles. The van der Waals surface area contributed by atoms with E-state index in [4.69, 9.17) is 16.3 Å². The van der Waals surface area contributed by atoms with E-state index in [0.29, 0.717) is 10.8 Å². The zero-order chi connectivity index (χ0) is 14.0. The molecule has 0 radical (unpaired) electrons. The maximum absolute atomic E-state index is 13.4. The van der Waals surface area contributed by atoms with Gasteiger partial charge in [-0.25, -0.2) is 4.39 Å². The lowest BCUT2D eigenvalue weighted by atomic mass is 9.99. The number of benzene rings is 2. The second kappa shape index (κ2) is 5.93. The normalized spacial score (nSPS) is 12.3. The summed E-state index contributed by atoms with van der Waals surface area (Å²) in [6.45, 7) is 1.94. The lowest BCUT2D eigenvalue weighted by molar-refractivity contribution is 0.409. The van der Waals surface area contributed by atoms with Gasteiger partial charge in [-0.3, -0.25) is 0 Å². The summed E-state index contributed by atoms with van der Waals surface area (Å²) >= 11 is 9.72. The largest absolute Gasteiger partial charge is 0.496 e. The van der Waals surface area contributed by atoms with Gasteiger partial charge in [0.05, 0.1) is 11.9 Å². The van der Waals surface area contributed by atoms with Crippen molar-refractivity contribution in [1.82, 2.24) is 0 Å². The summed E-state index contributed by atoms with van der Waals surface area (Å²) in [6, 6.07) is 10.2. The molecule has 0 fully saturated rings. The molecule has 2 rings (SSSR count). The molecule has 0 aromatic heterocycles. The van der Waals surface area contributed by atoms with E-state index in [2.05, 4.69) is 15.9 Å². The van der Waals surface area contributed by atoms with Crippen LogP contribution >= 0.6 is 27.5 Å². The molecule has 0 saturated heterocycles. The number of methoxy groups -OCH3 is 1. The van der Waals surface area contributed by atoms with E-state index in [9.17, 15) is 4.39 Å². The minimum Gasteiger partial charge on any atom is -0.496 e. The Morgan fingerprint density at radius 1 is 1.21 bits per heavy atom. The SMILES string of the molecule is COc1ccc(F)cc1C(Br)c1cccc(Cl)c1C. The number of hydrogen-bond donors (Lipinski definition) is 0. The molecule has 1 unspecified atom stereocenters. The lowest BCUT2D eigenvalue weighted by Crippen LogP contribution is -2.00. The summed E-state index contributed by atoms with van der Waals surface area (Å²) in [5, 5.41) is 0.692. The van der Waals surface area contributed by atoms with E-state index in [1.807, 2.05) is 25.1 Å². The molecule has 2 aromatic rings. The summed E-state index contributed by atoms with van der Waals surface area (Å²) in [5.74, 6) is 0.350. The van der Waals surface area contributed by atoms with Crippen molar-refractivity contribution in [3.63, 3.8) is 0 Å². The molecule has 2 aromatic carbocycles. The average Bonchev–Trinajstić information content (AvgIpc) is 2.41. The predicted molar refractivity (Wildman–Crippen MR) is 79.9 cm³/mol. The van der Waals surface area contributed by atoms with Crippen molar-refractivity contribution in [2.75, 3.05) is 7.11 Å². The number of ether oxygens (including phenoxy) is 1. The fourth-order valence-electron chi connectivity index (χ4n) is 1.97. The maximum Gasteiger partial charge on any atom is 0.123 e. The van der Waals surface area contributed by atoms with Crippen LogP contribution in [-0.2, 0) is 0 Å². The first-order valence-electron chi connectivity index (χ1n) is 5.77. The van der Waals surface area contributed by atoms with E-state index in [1.54, 1.807) is 13.2 Å². The van der Waals surface area contributed by atoms with Gasteiger partial charge in [0.15, 0.2) is 0 Å². The summed E-state index contributed by atoms with van der Waals surface area (Å²) in [5.41, 5.74) is 2.71. The monoisotopic (exact) mass is 342 g/mol. The Hall–Kier alpha value is -1.06. The fourth-order valence-corrected chi connectivity index (χ4v) is 3.01. The van der Waals surface area contributed by atoms with Crippen molar-refractivity contribution in [3.05, 3.63) is 63.9 Å². The predicted octanol–water partition coefficient (Wildman–Crippen LogP) is 5.28. The van der Waals surface area contributed by atoms with Crippen molar-refractivity contribution in [1.29, 1.82) is 0 Å². The van der Waals surface area contributed by atoms with E-state index in [0.717, 1.165) is 16.7 Å². The molecular weight excluding hydrogens is 331 g/mol. The highest BCUT2D eigenvalue weighted by Gasteiger charge is 2.18. The Balaban J connectivity index is 2.52. The smallest absolute Gasteiger partial charge is 0.123 e. The van der Waals surface area contributed by atoms with Gasteiger partial charge < -0.3 is 4.74 Å². The van der Waals surface area contributed by atoms with Crippen molar-refractivity contribution < 1.29 is 9.13 Å². The van der Waals surface area contributed by atoms with Crippen molar-refractivity contribution in [2.24, 2.45) is 0 Å². The number of alkyl halides is 1. The first kappa shape index (κ1) is 14.4. The van der Waals surface area contributed by atoms with Crippen LogP contribution in [0.1, 0.15) is 21.5 Å². The lowest BCUT2D eigenvalue weighted by Gasteiger charge is -2.17. The van der Waals surface area contributed by atoms with Crippen LogP contribution in [0.5, 0.6) is 5.75 Å². The van der Waals surface area contributed by atoms with Crippen LogP contribution in [0.3, 0.4) is 0 Å². The van der Waals surface area contributed by atoms with Gasteiger partial charge in [0.25, 0.3) is 0 Å². The van der Waals surface area contributed by atoms with Crippen LogP contribution in [0.15, 0.2) is 36.4 Å². The van der Waals surface area contributed by atoms with Crippen LogP contribution in [0.25, 0.3) is 0 Å². The van der Waals surface area contributed by atoms with Crippen LogP contribution in [0.4, 0.5) is 4.39 Å². The highest BCUT2D eigenvalue weighted by Crippen LogP contribution is 2.39.